The molecule has 2 aromatic rings. The lowest BCUT2D eigenvalue weighted by atomic mass is 10.2. The van der Waals surface area contributed by atoms with E-state index in [0.29, 0.717) is 51.7 Å². The second kappa shape index (κ2) is 8.63. The van der Waals surface area contributed by atoms with E-state index in [0.717, 1.165) is 0 Å². The molecule has 0 bridgehead atoms. The summed E-state index contributed by atoms with van der Waals surface area (Å²) in [6, 6.07) is 9.57. The molecule has 0 atom stereocenters. The number of hydrogen-bond acceptors (Lipinski definition) is 5. The fraction of sp³-hybridized carbons (Fsp3) is 0.263. The topological polar surface area (TPSA) is 51.1 Å². The van der Waals surface area contributed by atoms with Crippen LogP contribution in [0.25, 0.3) is 0 Å². The standard InChI is InChI=1S/C19H18ClFN2O3S/c1-25-16-7-6-12(10-17(16)26-2)18(24)23-9-8-22-19(23)27-11-13-14(20)4-3-5-15(13)21/h3-7,10H,8-9,11H2,1-2H3. The van der Waals surface area contributed by atoms with E-state index in [1.165, 1.54) is 32.0 Å². The van der Waals surface area contributed by atoms with Crippen molar-refractivity contribution in [3.05, 3.63) is 58.4 Å². The first-order chi connectivity index (χ1) is 13.0. The van der Waals surface area contributed by atoms with Gasteiger partial charge in [0.1, 0.15) is 5.82 Å². The van der Waals surface area contributed by atoms with Crippen LogP contribution < -0.4 is 9.47 Å². The van der Waals surface area contributed by atoms with Crippen LogP contribution in [0.2, 0.25) is 5.02 Å². The van der Waals surface area contributed by atoms with Gasteiger partial charge >= 0.3 is 0 Å². The molecule has 1 heterocycles. The highest BCUT2D eigenvalue weighted by atomic mass is 35.5. The predicted molar refractivity (Wildman–Crippen MR) is 106 cm³/mol. The summed E-state index contributed by atoms with van der Waals surface area (Å²) in [6.07, 6.45) is 0. The van der Waals surface area contributed by atoms with Gasteiger partial charge in [-0.1, -0.05) is 29.4 Å². The zero-order valence-corrected chi connectivity index (χ0v) is 16.4. The summed E-state index contributed by atoms with van der Waals surface area (Å²) in [5, 5.41) is 0.910. The van der Waals surface area contributed by atoms with Gasteiger partial charge in [0, 0.05) is 28.4 Å². The van der Waals surface area contributed by atoms with E-state index in [9.17, 15) is 9.18 Å². The fourth-order valence-corrected chi connectivity index (χ4v) is 4.06. The van der Waals surface area contributed by atoms with E-state index >= 15 is 0 Å². The molecule has 1 amide bonds. The molecule has 0 spiro atoms. The molecule has 2 aromatic carbocycles. The Hall–Kier alpha value is -2.25. The van der Waals surface area contributed by atoms with E-state index < -0.39 is 0 Å². The number of methoxy groups -OCH3 is 2. The number of ether oxygens (including phenoxy) is 2. The van der Waals surface area contributed by atoms with Gasteiger partial charge in [0.25, 0.3) is 5.91 Å². The second-order valence-electron chi connectivity index (χ2n) is 5.68. The lowest BCUT2D eigenvalue weighted by molar-refractivity contribution is 0.0860. The first-order valence-electron chi connectivity index (χ1n) is 8.19. The van der Waals surface area contributed by atoms with Crippen molar-refractivity contribution in [1.82, 2.24) is 4.90 Å². The zero-order valence-electron chi connectivity index (χ0n) is 14.9. The number of rotatable bonds is 5. The van der Waals surface area contributed by atoms with Crippen LogP contribution in [-0.2, 0) is 5.75 Å². The maximum Gasteiger partial charge on any atom is 0.260 e. The van der Waals surface area contributed by atoms with Crippen LogP contribution in [0.5, 0.6) is 11.5 Å². The molecule has 0 saturated carbocycles. The van der Waals surface area contributed by atoms with E-state index in [-0.39, 0.29) is 11.7 Å². The average molecular weight is 409 g/mol. The molecule has 0 fully saturated rings. The summed E-state index contributed by atoms with van der Waals surface area (Å²) in [5.41, 5.74) is 0.865. The van der Waals surface area contributed by atoms with Gasteiger partial charge in [-0.25, -0.2) is 4.39 Å². The van der Waals surface area contributed by atoms with E-state index in [1.54, 1.807) is 35.2 Å². The Bertz CT molecular complexity index is 871. The molecule has 5 nitrogen and oxygen atoms in total. The molecule has 8 heteroatoms. The maximum atomic E-state index is 14.0. The van der Waals surface area contributed by atoms with Gasteiger partial charge in [0.15, 0.2) is 16.7 Å². The van der Waals surface area contributed by atoms with Gasteiger partial charge in [-0.3, -0.25) is 14.7 Å². The average Bonchev–Trinajstić information content (AvgIpc) is 3.15. The highest BCUT2D eigenvalue weighted by Gasteiger charge is 2.26. The van der Waals surface area contributed by atoms with Gasteiger partial charge < -0.3 is 9.47 Å². The van der Waals surface area contributed by atoms with Crippen molar-refractivity contribution in [3.8, 4) is 11.5 Å². The number of carbonyl (C=O) groups excluding carboxylic acids is 1. The third-order valence-corrected chi connectivity index (χ3v) is 5.48. The SMILES string of the molecule is COc1ccc(C(=O)N2CCN=C2SCc2c(F)cccc2Cl)cc1OC. The summed E-state index contributed by atoms with van der Waals surface area (Å²) in [6.45, 7) is 0.979. The zero-order chi connectivity index (χ0) is 19.4. The van der Waals surface area contributed by atoms with Crippen molar-refractivity contribution in [2.24, 2.45) is 4.99 Å². The number of amidine groups is 1. The Morgan fingerprint density at radius 2 is 2.04 bits per heavy atom. The highest BCUT2D eigenvalue weighted by molar-refractivity contribution is 8.13. The fourth-order valence-electron chi connectivity index (χ4n) is 2.67. The number of amides is 1. The number of benzene rings is 2. The normalized spacial score (nSPS) is 13.5. The smallest absolute Gasteiger partial charge is 0.260 e. The van der Waals surface area contributed by atoms with Gasteiger partial charge in [0.05, 0.1) is 20.8 Å². The first kappa shape index (κ1) is 19.5. The molecule has 3 rings (SSSR count). The van der Waals surface area contributed by atoms with Crippen LogP contribution in [0.4, 0.5) is 4.39 Å². The lowest BCUT2D eigenvalue weighted by Gasteiger charge is -2.19. The van der Waals surface area contributed by atoms with Crippen LogP contribution >= 0.6 is 23.4 Å². The molecular formula is C19H18ClFN2O3S. The Balaban J connectivity index is 1.75. The molecule has 0 aromatic heterocycles. The van der Waals surface area contributed by atoms with Gasteiger partial charge in [0.2, 0.25) is 0 Å². The maximum absolute atomic E-state index is 14.0. The van der Waals surface area contributed by atoms with Crippen LogP contribution in [0, 0.1) is 5.82 Å². The van der Waals surface area contributed by atoms with Crippen LogP contribution in [-0.4, -0.2) is 43.3 Å². The summed E-state index contributed by atoms with van der Waals surface area (Å²) in [7, 11) is 3.05. The summed E-state index contributed by atoms with van der Waals surface area (Å²) < 4.78 is 24.4. The van der Waals surface area contributed by atoms with Crippen LogP contribution in [0.3, 0.4) is 0 Å². The number of aliphatic imine (C=N–C) groups is 1. The predicted octanol–water partition coefficient (Wildman–Crippen LogP) is 4.24. The van der Waals surface area contributed by atoms with Crippen LogP contribution in [0.15, 0.2) is 41.4 Å². The molecule has 0 N–H and O–H groups in total. The second-order valence-corrected chi connectivity index (χ2v) is 7.03. The van der Waals surface area contributed by atoms with E-state index in [2.05, 4.69) is 4.99 Å². The third-order valence-electron chi connectivity index (χ3n) is 4.08. The summed E-state index contributed by atoms with van der Waals surface area (Å²) >= 11 is 7.36. The molecule has 1 aliphatic heterocycles. The molecule has 27 heavy (non-hydrogen) atoms. The van der Waals surface area contributed by atoms with Crippen molar-refractivity contribution in [2.75, 3.05) is 27.3 Å². The van der Waals surface area contributed by atoms with Crippen molar-refractivity contribution in [1.29, 1.82) is 0 Å². The number of carbonyl (C=O) groups is 1. The quantitative estimate of drug-likeness (QED) is 0.742. The Morgan fingerprint density at radius 3 is 2.74 bits per heavy atom. The van der Waals surface area contributed by atoms with Crippen molar-refractivity contribution < 1.29 is 18.7 Å². The van der Waals surface area contributed by atoms with Crippen molar-refractivity contribution in [2.45, 2.75) is 5.75 Å². The lowest BCUT2D eigenvalue weighted by Crippen LogP contribution is -2.32. The highest BCUT2D eigenvalue weighted by Crippen LogP contribution is 2.30. The minimum absolute atomic E-state index is 0.195. The molecule has 0 unspecified atom stereocenters. The van der Waals surface area contributed by atoms with Crippen molar-refractivity contribution in [3.63, 3.8) is 0 Å². The molecule has 1 aliphatic rings. The van der Waals surface area contributed by atoms with Gasteiger partial charge in [-0.2, -0.15) is 0 Å². The Morgan fingerprint density at radius 1 is 1.26 bits per heavy atom. The summed E-state index contributed by atoms with van der Waals surface area (Å²) in [4.78, 5) is 18.9. The molecular weight excluding hydrogens is 391 g/mol. The number of thioether (sulfide) groups is 1. The minimum Gasteiger partial charge on any atom is -0.493 e. The third kappa shape index (κ3) is 4.20. The molecule has 0 aliphatic carbocycles. The van der Waals surface area contributed by atoms with Gasteiger partial charge in [-0.15, -0.1) is 0 Å². The number of hydrogen-bond donors (Lipinski definition) is 0. The van der Waals surface area contributed by atoms with E-state index in [4.69, 9.17) is 21.1 Å². The van der Waals surface area contributed by atoms with Crippen LogP contribution in [0.1, 0.15) is 15.9 Å². The Labute approximate surface area is 166 Å². The Kier molecular flexibility index (Phi) is 6.23. The molecule has 0 radical (unpaired) electrons. The minimum atomic E-state index is -0.369. The monoisotopic (exact) mass is 408 g/mol. The molecule has 142 valence electrons. The number of halogens is 2. The summed E-state index contributed by atoms with van der Waals surface area (Å²) in [5.74, 6) is 0.755. The molecule has 0 saturated heterocycles. The first-order valence-corrected chi connectivity index (χ1v) is 9.55. The number of nitrogens with zero attached hydrogens (tertiary/aromatic N) is 2. The van der Waals surface area contributed by atoms with Crippen molar-refractivity contribution >= 4 is 34.4 Å². The van der Waals surface area contributed by atoms with Gasteiger partial charge in [-0.05, 0) is 30.3 Å². The largest absolute Gasteiger partial charge is 0.493 e. The van der Waals surface area contributed by atoms with E-state index in [1.807, 2.05) is 0 Å².